The summed E-state index contributed by atoms with van der Waals surface area (Å²) < 4.78 is 6.31. The number of aromatic hydroxyl groups is 1. The molecule has 29 heavy (non-hydrogen) atoms. The number of thiocarbonyl (C=S) groups is 1. The first kappa shape index (κ1) is 20.6. The number of benzene rings is 3. The fraction of sp³-hybridized carbons (Fsp3) is 0.0500. The van der Waals surface area contributed by atoms with Crippen molar-refractivity contribution in [2.45, 2.75) is 0 Å². The van der Waals surface area contributed by atoms with Gasteiger partial charge in [-0.05, 0) is 69.3 Å². The molecule has 0 saturated carbocycles. The number of phenolic OH excluding ortho intramolecular Hbond substituents is 1. The summed E-state index contributed by atoms with van der Waals surface area (Å²) in [4.78, 5) is 24.0. The fourth-order valence-electron chi connectivity index (χ4n) is 2.46. The summed E-state index contributed by atoms with van der Waals surface area (Å²) in [7, 11) is 0. The van der Waals surface area contributed by atoms with Crippen LogP contribution in [0.3, 0.4) is 0 Å². The Morgan fingerprint density at radius 3 is 2.48 bits per heavy atom. The maximum atomic E-state index is 12.0. The van der Waals surface area contributed by atoms with Crippen molar-refractivity contribution < 1.29 is 19.4 Å². The molecule has 9 heteroatoms. The number of hydrogen-bond donors (Lipinski definition) is 4. The van der Waals surface area contributed by atoms with Crippen LogP contribution in [-0.4, -0.2) is 28.6 Å². The molecule has 0 saturated heterocycles. The number of ether oxygens (including phenoxy) is 1. The molecule has 0 atom stereocenters. The molecule has 3 aromatic rings. The van der Waals surface area contributed by atoms with Crippen molar-refractivity contribution in [1.29, 1.82) is 0 Å². The van der Waals surface area contributed by atoms with Gasteiger partial charge in [-0.15, -0.1) is 0 Å². The largest absolute Gasteiger partial charge is 0.508 e. The minimum Gasteiger partial charge on any atom is -0.508 e. The van der Waals surface area contributed by atoms with Crippen molar-refractivity contribution in [1.82, 2.24) is 16.2 Å². The molecule has 148 valence electrons. The Morgan fingerprint density at radius 1 is 1.00 bits per heavy atom. The lowest BCUT2D eigenvalue weighted by molar-refractivity contribution is -0.121. The van der Waals surface area contributed by atoms with Gasteiger partial charge in [0.15, 0.2) is 11.7 Å². The van der Waals surface area contributed by atoms with Gasteiger partial charge in [-0.25, -0.2) is 0 Å². The number of amides is 2. The van der Waals surface area contributed by atoms with E-state index < -0.39 is 11.8 Å². The van der Waals surface area contributed by atoms with E-state index in [-0.39, 0.29) is 17.5 Å². The molecule has 2 amide bonds. The van der Waals surface area contributed by atoms with Gasteiger partial charge in [0.2, 0.25) is 0 Å². The second-order valence-electron chi connectivity index (χ2n) is 5.89. The normalized spacial score (nSPS) is 10.2. The van der Waals surface area contributed by atoms with E-state index in [0.29, 0.717) is 11.3 Å². The molecule has 0 heterocycles. The molecule has 7 nitrogen and oxygen atoms in total. The Hall–Kier alpha value is -3.17. The van der Waals surface area contributed by atoms with Crippen molar-refractivity contribution in [2.24, 2.45) is 0 Å². The predicted molar refractivity (Wildman–Crippen MR) is 117 cm³/mol. The molecular weight excluding hydrogens is 458 g/mol. The molecule has 0 unspecified atom stereocenters. The fourth-order valence-corrected chi connectivity index (χ4v) is 3.23. The minimum atomic E-state index is -0.485. The van der Waals surface area contributed by atoms with Crippen molar-refractivity contribution in [3.63, 3.8) is 0 Å². The predicted octanol–water partition coefficient (Wildman–Crippen LogP) is 3.02. The summed E-state index contributed by atoms with van der Waals surface area (Å²) in [5.74, 6) is -0.381. The van der Waals surface area contributed by atoms with Gasteiger partial charge in [0.1, 0.15) is 11.5 Å². The Balaban J connectivity index is 1.48. The molecule has 0 radical (unpaired) electrons. The lowest BCUT2D eigenvalue weighted by atomic mass is 10.1. The third kappa shape index (κ3) is 5.43. The molecule has 0 aliphatic carbocycles. The van der Waals surface area contributed by atoms with Crippen molar-refractivity contribution in [3.8, 4) is 11.5 Å². The van der Waals surface area contributed by atoms with Crippen molar-refractivity contribution in [2.75, 3.05) is 6.61 Å². The van der Waals surface area contributed by atoms with E-state index in [1.165, 1.54) is 24.3 Å². The first-order valence-corrected chi connectivity index (χ1v) is 9.63. The van der Waals surface area contributed by atoms with E-state index in [0.717, 1.165) is 15.2 Å². The Kier molecular flexibility index (Phi) is 6.63. The molecule has 0 aliphatic rings. The first-order valence-electron chi connectivity index (χ1n) is 8.43. The highest BCUT2D eigenvalue weighted by Gasteiger charge is 2.11. The Bertz CT molecular complexity index is 1070. The molecule has 0 aromatic heterocycles. The highest BCUT2D eigenvalue weighted by Crippen LogP contribution is 2.32. The number of fused-ring (bicyclic) bond motifs is 1. The Morgan fingerprint density at radius 2 is 1.72 bits per heavy atom. The van der Waals surface area contributed by atoms with Crippen LogP contribution in [0.1, 0.15) is 10.4 Å². The first-order chi connectivity index (χ1) is 13.9. The maximum Gasteiger partial charge on any atom is 0.269 e. The lowest BCUT2D eigenvalue weighted by Gasteiger charge is -2.12. The zero-order chi connectivity index (χ0) is 20.8. The summed E-state index contributed by atoms with van der Waals surface area (Å²) in [5, 5.41) is 13.6. The van der Waals surface area contributed by atoms with Gasteiger partial charge in [0.05, 0.1) is 4.47 Å². The number of hydrogen-bond acceptors (Lipinski definition) is 5. The van der Waals surface area contributed by atoms with Crippen LogP contribution in [0.4, 0.5) is 0 Å². The highest BCUT2D eigenvalue weighted by atomic mass is 79.9. The number of halogens is 1. The minimum absolute atomic E-state index is 0.0512. The van der Waals surface area contributed by atoms with E-state index >= 15 is 0 Å². The van der Waals surface area contributed by atoms with Crippen LogP contribution in [0.2, 0.25) is 0 Å². The summed E-state index contributed by atoms with van der Waals surface area (Å²) in [6.07, 6.45) is 0. The third-order valence-electron chi connectivity index (χ3n) is 3.86. The number of hydrazine groups is 1. The van der Waals surface area contributed by atoms with Crippen LogP contribution < -0.4 is 20.9 Å². The molecule has 0 bridgehead atoms. The second-order valence-corrected chi connectivity index (χ2v) is 7.09. The zero-order valence-corrected chi connectivity index (χ0v) is 17.3. The summed E-state index contributed by atoms with van der Waals surface area (Å²) >= 11 is 8.47. The highest BCUT2D eigenvalue weighted by molar-refractivity contribution is 9.10. The van der Waals surface area contributed by atoms with Gasteiger partial charge in [0, 0.05) is 5.56 Å². The van der Waals surface area contributed by atoms with Crippen LogP contribution in [0.25, 0.3) is 10.8 Å². The molecule has 3 rings (SSSR count). The van der Waals surface area contributed by atoms with Gasteiger partial charge in [-0.1, -0.05) is 30.3 Å². The van der Waals surface area contributed by atoms with Crippen LogP contribution in [0.15, 0.2) is 65.1 Å². The van der Waals surface area contributed by atoms with Gasteiger partial charge < -0.3 is 9.84 Å². The number of carbonyl (C=O) groups is 2. The van der Waals surface area contributed by atoms with E-state index in [1.807, 2.05) is 30.3 Å². The van der Waals surface area contributed by atoms with Gasteiger partial charge in [-0.2, -0.15) is 0 Å². The van der Waals surface area contributed by atoms with Gasteiger partial charge >= 0.3 is 0 Å². The van der Waals surface area contributed by atoms with Crippen LogP contribution in [0.5, 0.6) is 11.5 Å². The summed E-state index contributed by atoms with van der Waals surface area (Å²) in [5.41, 5.74) is 5.10. The second kappa shape index (κ2) is 9.35. The lowest BCUT2D eigenvalue weighted by Crippen LogP contribution is -2.49. The van der Waals surface area contributed by atoms with Crippen molar-refractivity contribution >= 4 is 55.8 Å². The number of carbonyl (C=O) groups excluding carboxylic acids is 2. The SMILES string of the molecule is O=C(COc1ccc2ccccc2c1Br)NC(=S)NNC(=O)c1ccc(O)cc1. The maximum absolute atomic E-state index is 12.0. The number of nitrogens with one attached hydrogen (secondary N) is 3. The van der Waals surface area contributed by atoms with Crippen LogP contribution in [-0.2, 0) is 4.79 Å². The third-order valence-corrected chi connectivity index (χ3v) is 4.88. The molecule has 0 spiro atoms. The van der Waals surface area contributed by atoms with Crippen LogP contribution >= 0.6 is 28.1 Å². The molecule has 4 N–H and O–H groups in total. The average molecular weight is 474 g/mol. The molecule has 0 fully saturated rings. The Labute approximate surface area is 180 Å². The average Bonchev–Trinajstić information content (AvgIpc) is 2.72. The molecular formula is C20H16BrN3O4S. The topological polar surface area (TPSA) is 99.7 Å². The summed E-state index contributed by atoms with van der Waals surface area (Å²) in [6, 6.07) is 17.1. The van der Waals surface area contributed by atoms with E-state index in [2.05, 4.69) is 32.1 Å². The standard InChI is InChI=1S/C20H16BrN3O4S/c21-18-15-4-2-1-3-12(15)7-10-16(18)28-11-17(26)22-20(29)24-23-19(27)13-5-8-14(25)9-6-13/h1-10,25H,11H2,(H,23,27)(H2,22,24,26,29). The van der Waals surface area contributed by atoms with Crippen molar-refractivity contribution in [3.05, 3.63) is 70.7 Å². The smallest absolute Gasteiger partial charge is 0.269 e. The number of phenols is 1. The van der Waals surface area contributed by atoms with E-state index in [1.54, 1.807) is 6.07 Å². The van der Waals surface area contributed by atoms with E-state index in [4.69, 9.17) is 17.0 Å². The zero-order valence-electron chi connectivity index (χ0n) is 14.9. The van der Waals surface area contributed by atoms with Gasteiger partial charge in [0.25, 0.3) is 11.8 Å². The van der Waals surface area contributed by atoms with E-state index in [9.17, 15) is 14.7 Å². The van der Waals surface area contributed by atoms with Crippen LogP contribution in [0, 0.1) is 0 Å². The van der Waals surface area contributed by atoms with Gasteiger partial charge in [-0.3, -0.25) is 25.8 Å². The molecule has 3 aromatic carbocycles. The molecule has 0 aliphatic heterocycles. The summed E-state index contributed by atoms with van der Waals surface area (Å²) in [6.45, 7) is -0.259. The number of rotatable bonds is 4. The monoisotopic (exact) mass is 473 g/mol. The quantitative estimate of drug-likeness (QED) is 0.343.